The summed E-state index contributed by atoms with van der Waals surface area (Å²) in [7, 11) is 1.73. The zero-order valence-corrected chi connectivity index (χ0v) is 18.3. The average molecular weight is 489 g/mol. The summed E-state index contributed by atoms with van der Waals surface area (Å²) in [6.45, 7) is -2.88. The molecule has 3 aromatic rings. The number of aromatic nitrogens is 3. The third-order valence-corrected chi connectivity index (χ3v) is 5.44. The van der Waals surface area contributed by atoms with Crippen LogP contribution in [-0.4, -0.2) is 33.0 Å². The van der Waals surface area contributed by atoms with Crippen LogP contribution in [0.4, 0.5) is 14.5 Å². The molecule has 1 N–H and O–H groups in total. The number of anilines is 1. The summed E-state index contributed by atoms with van der Waals surface area (Å²) in [5.41, 5.74) is 0.153. The molecular weight excluding hydrogens is 473 g/mol. The molecule has 164 valence electrons. The highest BCUT2D eigenvalue weighted by Crippen LogP contribution is 2.29. The Bertz CT molecular complexity index is 1070. The molecule has 0 fully saturated rings. The molecule has 12 heteroatoms. The maximum atomic E-state index is 12.5. The van der Waals surface area contributed by atoms with Crippen molar-refractivity contribution in [2.75, 3.05) is 11.1 Å². The van der Waals surface area contributed by atoms with Gasteiger partial charge in [0.25, 0.3) is 0 Å². The molecule has 7 nitrogen and oxygen atoms in total. The van der Waals surface area contributed by atoms with Crippen LogP contribution in [0.25, 0.3) is 0 Å². The molecule has 0 unspecified atom stereocenters. The molecule has 0 saturated heterocycles. The second-order valence-electron chi connectivity index (χ2n) is 6.03. The SMILES string of the molecule is Cn1c(COc2ccc(Cl)cc2Cl)nnc1SCC(=O)Nc1ccccc1OC(F)F. The summed E-state index contributed by atoms with van der Waals surface area (Å²) in [6, 6.07) is 10.8. The largest absolute Gasteiger partial charge is 0.484 e. The number of thioether (sulfide) groups is 1. The van der Waals surface area contributed by atoms with Crippen LogP contribution in [0.1, 0.15) is 5.82 Å². The molecule has 1 heterocycles. The molecule has 0 saturated carbocycles. The fraction of sp³-hybridized carbons (Fsp3) is 0.211. The van der Waals surface area contributed by atoms with E-state index in [2.05, 4.69) is 20.3 Å². The molecule has 3 rings (SSSR count). The van der Waals surface area contributed by atoms with E-state index in [0.29, 0.717) is 26.8 Å². The number of nitrogens with zero attached hydrogens (tertiary/aromatic N) is 3. The first kappa shape index (κ1) is 23.1. The van der Waals surface area contributed by atoms with Gasteiger partial charge in [-0.3, -0.25) is 4.79 Å². The topological polar surface area (TPSA) is 78.3 Å². The zero-order valence-electron chi connectivity index (χ0n) is 16.0. The Balaban J connectivity index is 1.56. The van der Waals surface area contributed by atoms with E-state index in [1.807, 2.05) is 0 Å². The van der Waals surface area contributed by atoms with Gasteiger partial charge in [-0.15, -0.1) is 10.2 Å². The first-order valence-electron chi connectivity index (χ1n) is 8.76. The second-order valence-corrected chi connectivity index (χ2v) is 7.82. The summed E-state index contributed by atoms with van der Waals surface area (Å²) >= 11 is 13.1. The van der Waals surface area contributed by atoms with Crippen molar-refractivity contribution in [3.8, 4) is 11.5 Å². The molecule has 1 aromatic heterocycles. The van der Waals surface area contributed by atoms with Crippen molar-refractivity contribution in [2.45, 2.75) is 18.4 Å². The van der Waals surface area contributed by atoms with Crippen molar-refractivity contribution < 1.29 is 23.0 Å². The van der Waals surface area contributed by atoms with Gasteiger partial charge in [-0.1, -0.05) is 47.1 Å². The zero-order chi connectivity index (χ0) is 22.4. The van der Waals surface area contributed by atoms with Crippen molar-refractivity contribution in [2.24, 2.45) is 7.05 Å². The van der Waals surface area contributed by atoms with Crippen LogP contribution in [-0.2, 0) is 18.4 Å². The third kappa shape index (κ3) is 6.46. The Labute approximate surface area is 190 Å². The van der Waals surface area contributed by atoms with Gasteiger partial charge in [-0.25, -0.2) is 0 Å². The van der Waals surface area contributed by atoms with Crippen LogP contribution in [0.15, 0.2) is 47.6 Å². The van der Waals surface area contributed by atoms with Crippen LogP contribution < -0.4 is 14.8 Å². The Morgan fingerprint density at radius 1 is 1.19 bits per heavy atom. The summed E-state index contributed by atoms with van der Waals surface area (Å²) in [4.78, 5) is 12.2. The van der Waals surface area contributed by atoms with Gasteiger partial charge in [0.15, 0.2) is 11.0 Å². The lowest BCUT2D eigenvalue weighted by molar-refractivity contribution is -0.113. The molecule has 1 amide bonds. The number of para-hydroxylation sites is 2. The van der Waals surface area contributed by atoms with E-state index in [4.69, 9.17) is 27.9 Å². The summed E-state index contributed by atoms with van der Waals surface area (Å²) in [5, 5.41) is 12.0. The monoisotopic (exact) mass is 488 g/mol. The minimum Gasteiger partial charge on any atom is -0.484 e. The van der Waals surface area contributed by atoms with Crippen molar-refractivity contribution in [1.82, 2.24) is 14.8 Å². The number of amides is 1. The van der Waals surface area contributed by atoms with E-state index >= 15 is 0 Å². The molecule has 0 atom stereocenters. The third-order valence-electron chi connectivity index (χ3n) is 3.89. The minimum absolute atomic E-state index is 0.0150. The lowest BCUT2D eigenvalue weighted by atomic mass is 10.3. The molecular formula is C19H16Cl2F2N4O3S. The van der Waals surface area contributed by atoms with E-state index in [1.54, 1.807) is 35.9 Å². The standard InChI is InChI=1S/C19H16Cl2F2N4O3S/c1-27-16(9-29-14-7-6-11(20)8-12(14)21)25-26-19(27)31-10-17(28)24-13-4-2-3-5-15(13)30-18(22)23/h2-8,18H,9-10H2,1H3,(H,24,28). The Hall–Kier alpha value is -2.56. The van der Waals surface area contributed by atoms with Gasteiger partial charge in [0.05, 0.1) is 16.5 Å². The van der Waals surface area contributed by atoms with Gasteiger partial charge >= 0.3 is 6.61 Å². The van der Waals surface area contributed by atoms with E-state index < -0.39 is 12.5 Å². The smallest absolute Gasteiger partial charge is 0.387 e. The number of rotatable bonds is 9. The molecule has 0 spiro atoms. The lowest BCUT2D eigenvalue weighted by Gasteiger charge is -2.11. The molecule has 0 bridgehead atoms. The van der Waals surface area contributed by atoms with E-state index in [9.17, 15) is 13.6 Å². The molecule has 0 aliphatic carbocycles. The number of ether oxygens (including phenoxy) is 2. The minimum atomic E-state index is -2.99. The maximum Gasteiger partial charge on any atom is 0.387 e. The molecule has 0 aliphatic rings. The van der Waals surface area contributed by atoms with E-state index in [0.717, 1.165) is 11.8 Å². The number of halogens is 4. The summed E-state index contributed by atoms with van der Waals surface area (Å²) in [5.74, 6) is 0.426. The first-order valence-corrected chi connectivity index (χ1v) is 10.5. The average Bonchev–Trinajstić information content (AvgIpc) is 3.06. The van der Waals surface area contributed by atoms with Crippen molar-refractivity contribution >= 4 is 46.6 Å². The van der Waals surface area contributed by atoms with E-state index in [-0.39, 0.29) is 23.8 Å². The van der Waals surface area contributed by atoms with Crippen LogP contribution >= 0.6 is 35.0 Å². The Kier molecular flexibility index (Phi) is 7.94. The fourth-order valence-corrected chi connectivity index (χ4v) is 3.61. The van der Waals surface area contributed by atoms with Gasteiger partial charge in [0, 0.05) is 12.1 Å². The normalized spacial score (nSPS) is 10.9. The highest BCUT2D eigenvalue weighted by atomic mass is 35.5. The Morgan fingerprint density at radius 3 is 2.71 bits per heavy atom. The second kappa shape index (κ2) is 10.7. The van der Waals surface area contributed by atoms with Gasteiger partial charge in [-0.05, 0) is 30.3 Å². The number of alkyl halides is 2. The van der Waals surface area contributed by atoms with Crippen molar-refractivity contribution in [3.63, 3.8) is 0 Å². The number of carbonyl (C=O) groups is 1. The number of hydrogen-bond donors (Lipinski definition) is 1. The van der Waals surface area contributed by atoms with Crippen molar-refractivity contribution in [1.29, 1.82) is 0 Å². The van der Waals surface area contributed by atoms with Gasteiger partial charge < -0.3 is 19.4 Å². The summed E-state index contributed by atoms with van der Waals surface area (Å²) in [6.07, 6.45) is 0. The molecule has 31 heavy (non-hydrogen) atoms. The quantitative estimate of drug-likeness (QED) is 0.425. The van der Waals surface area contributed by atoms with Gasteiger partial charge in [-0.2, -0.15) is 8.78 Å². The number of hydrogen-bond acceptors (Lipinski definition) is 6. The van der Waals surface area contributed by atoms with Crippen LogP contribution in [0, 0.1) is 0 Å². The molecule has 2 aromatic carbocycles. The maximum absolute atomic E-state index is 12.5. The Morgan fingerprint density at radius 2 is 1.97 bits per heavy atom. The number of carbonyl (C=O) groups excluding carboxylic acids is 1. The highest BCUT2D eigenvalue weighted by molar-refractivity contribution is 7.99. The fourth-order valence-electron chi connectivity index (χ4n) is 2.42. The predicted octanol–water partition coefficient (Wildman–Crippen LogP) is 5.03. The number of benzene rings is 2. The van der Waals surface area contributed by atoms with Gasteiger partial charge in [0.2, 0.25) is 5.91 Å². The molecule has 0 aliphatic heterocycles. The van der Waals surface area contributed by atoms with Crippen molar-refractivity contribution in [3.05, 3.63) is 58.3 Å². The van der Waals surface area contributed by atoms with Gasteiger partial charge in [0.1, 0.15) is 18.1 Å². The van der Waals surface area contributed by atoms with Crippen LogP contribution in [0.3, 0.4) is 0 Å². The summed E-state index contributed by atoms with van der Waals surface area (Å²) < 4.78 is 36.7. The van der Waals surface area contributed by atoms with E-state index in [1.165, 1.54) is 18.2 Å². The lowest BCUT2D eigenvalue weighted by Crippen LogP contribution is -2.16. The highest BCUT2D eigenvalue weighted by Gasteiger charge is 2.15. The van der Waals surface area contributed by atoms with Crippen LogP contribution in [0.5, 0.6) is 11.5 Å². The number of nitrogens with one attached hydrogen (secondary N) is 1. The van der Waals surface area contributed by atoms with Crippen LogP contribution in [0.2, 0.25) is 10.0 Å². The molecule has 0 radical (unpaired) electrons. The first-order chi connectivity index (χ1) is 14.8. The predicted molar refractivity (Wildman–Crippen MR) is 114 cm³/mol.